The summed E-state index contributed by atoms with van der Waals surface area (Å²) in [6, 6.07) is 39.3. The Morgan fingerprint density at radius 3 is 2.03 bits per heavy atom. The number of benzene rings is 4. The maximum atomic E-state index is 14.7. The molecule has 3 fully saturated rings. The van der Waals surface area contributed by atoms with Crippen LogP contribution in [-0.2, 0) is 25.3 Å². The third kappa shape index (κ3) is 8.49. The first-order valence-electron chi connectivity index (χ1n) is 22.3. The molecule has 60 heavy (non-hydrogen) atoms. The van der Waals surface area contributed by atoms with Gasteiger partial charge in [0, 0.05) is 31.6 Å². The first kappa shape index (κ1) is 42.1. The normalized spacial score (nSPS) is 23.0. The molecule has 4 aliphatic rings. The van der Waals surface area contributed by atoms with Crippen molar-refractivity contribution in [2.75, 3.05) is 26.3 Å². The zero-order valence-electron chi connectivity index (χ0n) is 35.9. The molecular formula is C52H62N2O5Si. The minimum atomic E-state index is -2.90. The third-order valence-electron chi connectivity index (χ3n) is 13.7. The topological polar surface area (TPSA) is 79.3 Å². The van der Waals surface area contributed by atoms with Crippen LogP contribution < -0.4 is 10.4 Å². The molecule has 314 valence electrons. The van der Waals surface area contributed by atoms with Crippen LogP contribution in [0.25, 0.3) is 6.08 Å². The highest BCUT2D eigenvalue weighted by atomic mass is 28.4. The Morgan fingerprint density at radius 2 is 1.43 bits per heavy atom. The Hall–Kier alpha value is -4.60. The van der Waals surface area contributed by atoms with E-state index >= 15 is 0 Å². The molecule has 2 amide bonds. The Bertz CT molecular complexity index is 2120. The molecule has 4 atom stereocenters. The smallest absolute Gasteiger partial charge is 0.261 e. The predicted octanol–water partition coefficient (Wildman–Crippen LogP) is 8.91. The van der Waals surface area contributed by atoms with Crippen molar-refractivity contribution in [2.24, 2.45) is 17.8 Å². The average Bonchev–Trinajstić information content (AvgIpc) is 3.79. The Labute approximate surface area is 358 Å². The summed E-state index contributed by atoms with van der Waals surface area (Å²) in [6.07, 6.45) is 7.84. The number of imide groups is 1. The quantitative estimate of drug-likeness (QED) is 0.0778. The van der Waals surface area contributed by atoms with Gasteiger partial charge in [-0.2, -0.15) is 0 Å². The van der Waals surface area contributed by atoms with Crippen molar-refractivity contribution in [1.82, 2.24) is 9.80 Å². The monoisotopic (exact) mass is 822 g/mol. The fourth-order valence-corrected chi connectivity index (χ4v) is 15.4. The first-order valence-corrected chi connectivity index (χ1v) is 24.2. The minimum Gasteiger partial charge on any atom is -0.508 e. The van der Waals surface area contributed by atoms with Crippen LogP contribution in [0.15, 0.2) is 132 Å². The highest BCUT2D eigenvalue weighted by molar-refractivity contribution is 6.99. The first-order chi connectivity index (χ1) is 29.1. The number of aromatic hydroxyl groups is 1. The number of amides is 2. The van der Waals surface area contributed by atoms with E-state index in [1.54, 1.807) is 17.0 Å². The number of likely N-dealkylation sites (tertiary alicyclic amines) is 2. The van der Waals surface area contributed by atoms with Crippen LogP contribution in [0.1, 0.15) is 83.8 Å². The molecule has 0 bridgehead atoms. The molecule has 0 saturated carbocycles. The maximum absolute atomic E-state index is 14.7. The lowest BCUT2D eigenvalue weighted by molar-refractivity contribution is -0.144. The van der Waals surface area contributed by atoms with Crippen molar-refractivity contribution in [3.8, 4) is 5.75 Å². The van der Waals surface area contributed by atoms with Gasteiger partial charge in [-0.25, -0.2) is 0 Å². The van der Waals surface area contributed by atoms with E-state index in [1.165, 1.54) is 27.1 Å². The van der Waals surface area contributed by atoms with Gasteiger partial charge in [-0.15, -0.1) is 0 Å². The molecule has 1 aliphatic carbocycles. The Morgan fingerprint density at radius 1 is 0.817 bits per heavy atom. The van der Waals surface area contributed by atoms with Gasteiger partial charge in [0.1, 0.15) is 5.75 Å². The second-order valence-electron chi connectivity index (χ2n) is 18.5. The number of carbonyl (C=O) groups is 2. The summed E-state index contributed by atoms with van der Waals surface area (Å²) in [7, 11) is -2.90. The van der Waals surface area contributed by atoms with Gasteiger partial charge in [0.15, 0.2) is 0 Å². The number of hydrogen-bond donors (Lipinski definition) is 1. The number of rotatable bonds is 14. The van der Waals surface area contributed by atoms with Crippen molar-refractivity contribution in [3.05, 3.63) is 143 Å². The summed E-state index contributed by atoms with van der Waals surface area (Å²) >= 11 is 0. The summed E-state index contributed by atoms with van der Waals surface area (Å²) in [5.41, 5.74) is 6.05. The van der Waals surface area contributed by atoms with Gasteiger partial charge < -0.3 is 14.3 Å². The summed E-state index contributed by atoms with van der Waals surface area (Å²) in [4.78, 5) is 33.6. The molecule has 3 saturated heterocycles. The second-order valence-corrected chi connectivity index (χ2v) is 22.8. The van der Waals surface area contributed by atoms with Crippen molar-refractivity contribution < 1.29 is 23.9 Å². The van der Waals surface area contributed by atoms with Crippen LogP contribution in [0.5, 0.6) is 5.75 Å². The second kappa shape index (κ2) is 18.2. The zero-order valence-corrected chi connectivity index (χ0v) is 36.9. The van der Waals surface area contributed by atoms with E-state index in [1.807, 2.05) is 18.2 Å². The highest BCUT2D eigenvalue weighted by Crippen LogP contribution is 2.51. The summed E-state index contributed by atoms with van der Waals surface area (Å²) in [5.74, 6) is -0.695. The molecule has 0 unspecified atom stereocenters. The number of nitrogens with zero attached hydrogens (tertiary/aromatic N) is 2. The van der Waals surface area contributed by atoms with Crippen molar-refractivity contribution in [2.45, 2.75) is 96.4 Å². The molecule has 4 aromatic rings. The molecule has 0 radical (unpaired) electrons. The standard InChI is InChI=1S/C52H62N2O5Si/c1-5-15-37(32-38-22-25-42(55)26-23-38)24-27-47-48-40(35-59-60(52(2,3)4,43-18-11-7-12-19-43)44-20-13-8-14-21-44)33-45-49(46(48)36-58-47)51(57)54(50(45)56)41-28-30-53(31-29-41)34-39-16-9-6-10-17-39/h6-14,16-23,25-26,32,41,45-47,49,55H,5,15,24,27-31,33-36H2,1-4H3/b37-32+/t45-,46+,47-,49-/m1/s1. The van der Waals surface area contributed by atoms with E-state index in [0.717, 1.165) is 69.3 Å². The van der Waals surface area contributed by atoms with Crippen LogP contribution >= 0.6 is 0 Å². The molecular weight excluding hydrogens is 761 g/mol. The van der Waals surface area contributed by atoms with E-state index in [4.69, 9.17) is 9.16 Å². The number of hydrogen-bond acceptors (Lipinski definition) is 6. The van der Waals surface area contributed by atoms with Crippen LogP contribution in [0.2, 0.25) is 5.04 Å². The number of phenols is 1. The van der Waals surface area contributed by atoms with Crippen molar-refractivity contribution in [1.29, 1.82) is 0 Å². The number of carbonyl (C=O) groups excluding carboxylic acids is 2. The lowest BCUT2D eigenvalue weighted by Gasteiger charge is -2.44. The Balaban J connectivity index is 1.10. The highest BCUT2D eigenvalue weighted by Gasteiger charge is 2.59. The third-order valence-corrected chi connectivity index (χ3v) is 18.6. The molecule has 3 aliphatic heterocycles. The molecule has 0 aromatic heterocycles. The van der Waals surface area contributed by atoms with Gasteiger partial charge >= 0.3 is 0 Å². The van der Waals surface area contributed by atoms with Crippen LogP contribution in [0.4, 0.5) is 0 Å². The number of ether oxygens (including phenoxy) is 1. The molecule has 8 heteroatoms. The predicted molar refractivity (Wildman–Crippen MR) is 242 cm³/mol. The van der Waals surface area contributed by atoms with Crippen molar-refractivity contribution >= 4 is 36.6 Å². The molecule has 4 aromatic carbocycles. The van der Waals surface area contributed by atoms with Crippen LogP contribution in [0, 0.1) is 17.8 Å². The van der Waals surface area contributed by atoms with Gasteiger partial charge in [-0.3, -0.25) is 19.4 Å². The summed E-state index contributed by atoms with van der Waals surface area (Å²) < 4.78 is 14.4. The fraction of sp³-hybridized carbons (Fsp3) is 0.423. The maximum Gasteiger partial charge on any atom is 0.261 e. The fourth-order valence-electron chi connectivity index (χ4n) is 10.8. The van der Waals surface area contributed by atoms with E-state index < -0.39 is 20.2 Å². The lowest BCUT2D eigenvalue weighted by atomic mass is 9.69. The summed E-state index contributed by atoms with van der Waals surface area (Å²) in [5, 5.41) is 12.1. The SMILES string of the molecule is CCC/C(=C\c1ccc(O)cc1)CC[C@H]1OC[C@H]2C1=C(CO[Si](c1ccccc1)(c1ccccc1)C(C)(C)C)C[C@H]1C(=O)N(C3CCN(Cc4ccccc4)CC3)C(=O)[C@H]12. The number of piperidine rings is 1. The molecule has 1 N–H and O–H groups in total. The van der Waals surface area contributed by atoms with Gasteiger partial charge in [0.05, 0.1) is 31.2 Å². The molecule has 3 heterocycles. The number of phenolic OH excluding ortho intramolecular Hbond substituents is 1. The minimum absolute atomic E-state index is 0.000907. The number of fused-ring (bicyclic) bond motifs is 3. The van der Waals surface area contributed by atoms with E-state index in [0.29, 0.717) is 19.6 Å². The molecule has 8 rings (SSSR count). The van der Waals surface area contributed by atoms with E-state index in [-0.39, 0.29) is 40.7 Å². The summed E-state index contributed by atoms with van der Waals surface area (Å²) in [6.45, 7) is 12.6. The van der Waals surface area contributed by atoms with Gasteiger partial charge in [0.2, 0.25) is 11.8 Å². The number of allylic oxidation sites excluding steroid dienone is 1. The molecule has 0 spiro atoms. The van der Waals surface area contributed by atoms with Gasteiger partial charge in [-0.1, -0.05) is 149 Å². The lowest BCUT2D eigenvalue weighted by Crippen LogP contribution is -2.66. The largest absolute Gasteiger partial charge is 0.508 e. The van der Waals surface area contributed by atoms with Crippen LogP contribution in [-0.4, -0.2) is 73.5 Å². The Kier molecular flexibility index (Phi) is 12.7. The average molecular weight is 823 g/mol. The van der Waals surface area contributed by atoms with Crippen LogP contribution in [0.3, 0.4) is 0 Å². The molecule has 7 nitrogen and oxygen atoms in total. The zero-order chi connectivity index (χ0) is 41.9. The van der Waals surface area contributed by atoms with E-state index in [2.05, 4.69) is 124 Å². The van der Waals surface area contributed by atoms with Gasteiger partial charge in [-0.05, 0) is 88.3 Å². The van der Waals surface area contributed by atoms with Gasteiger partial charge in [0.25, 0.3) is 8.32 Å². The van der Waals surface area contributed by atoms with E-state index in [9.17, 15) is 14.7 Å². The van der Waals surface area contributed by atoms with Crippen molar-refractivity contribution in [3.63, 3.8) is 0 Å².